The molecule has 1 aliphatic carbocycles. The summed E-state index contributed by atoms with van der Waals surface area (Å²) < 4.78 is 0. The van der Waals surface area contributed by atoms with Crippen molar-refractivity contribution in [1.82, 2.24) is 10.8 Å². The van der Waals surface area contributed by atoms with Crippen molar-refractivity contribution in [3.63, 3.8) is 0 Å². The number of aliphatic hydroxyl groups is 1. The molecule has 150 valence electrons. The first kappa shape index (κ1) is 18.9. The smallest absolute Gasteiger partial charge is 0.268 e. The van der Waals surface area contributed by atoms with E-state index in [-0.39, 0.29) is 19.2 Å². The Balaban J connectivity index is 1.29. The van der Waals surface area contributed by atoms with Gasteiger partial charge in [0.2, 0.25) is 5.60 Å². The van der Waals surface area contributed by atoms with E-state index in [1.54, 1.807) is 12.1 Å². The van der Waals surface area contributed by atoms with Gasteiger partial charge in [0, 0.05) is 37.5 Å². The van der Waals surface area contributed by atoms with Crippen LogP contribution in [0.5, 0.6) is 0 Å². The van der Waals surface area contributed by atoms with Crippen LogP contribution in [0.15, 0.2) is 35.3 Å². The van der Waals surface area contributed by atoms with Crippen LogP contribution in [-0.2, 0) is 14.4 Å². The average molecular weight is 386 g/mol. The lowest BCUT2D eigenvalue weighted by atomic mass is 10.0. The van der Waals surface area contributed by atoms with Crippen LogP contribution >= 0.6 is 0 Å². The number of rotatable bonds is 6. The van der Waals surface area contributed by atoms with Crippen molar-refractivity contribution < 1.29 is 19.5 Å². The highest BCUT2D eigenvalue weighted by atomic mass is 16.7. The van der Waals surface area contributed by atoms with Gasteiger partial charge in [-0.25, -0.2) is 9.83 Å². The molecule has 8 heteroatoms. The molecule has 1 aromatic rings. The van der Waals surface area contributed by atoms with E-state index >= 15 is 0 Å². The maximum atomic E-state index is 12.6. The van der Waals surface area contributed by atoms with Crippen LogP contribution in [0.3, 0.4) is 0 Å². The van der Waals surface area contributed by atoms with Gasteiger partial charge in [-0.1, -0.05) is 31.0 Å². The van der Waals surface area contributed by atoms with E-state index in [1.807, 2.05) is 18.2 Å². The molecule has 2 aliphatic heterocycles. The molecule has 2 fully saturated rings. The normalized spacial score (nSPS) is 27.8. The Kier molecular flexibility index (Phi) is 5.32. The zero-order valence-corrected chi connectivity index (χ0v) is 15.8. The highest BCUT2D eigenvalue weighted by Gasteiger charge is 2.51. The van der Waals surface area contributed by atoms with Crippen molar-refractivity contribution in [2.75, 3.05) is 18.0 Å². The third kappa shape index (κ3) is 3.62. The molecule has 2 unspecified atom stereocenters. The first-order valence-electron chi connectivity index (χ1n) is 9.94. The number of hydroxylamine groups is 1. The number of amidine groups is 1. The molecule has 1 saturated carbocycles. The molecular weight excluding hydrogens is 360 g/mol. The van der Waals surface area contributed by atoms with Gasteiger partial charge in [-0.3, -0.25) is 15.1 Å². The summed E-state index contributed by atoms with van der Waals surface area (Å²) in [6.45, 7) is 0.574. The van der Waals surface area contributed by atoms with E-state index in [4.69, 9.17) is 4.84 Å². The fraction of sp³-hybridized carbons (Fsp3) is 0.550. The van der Waals surface area contributed by atoms with Gasteiger partial charge in [0.15, 0.2) is 6.23 Å². The Morgan fingerprint density at radius 3 is 2.82 bits per heavy atom. The maximum absolute atomic E-state index is 12.6. The van der Waals surface area contributed by atoms with Crippen LogP contribution in [0.25, 0.3) is 0 Å². The maximum Gasteiger partial charge on any atom is 0.268 e. The fourth-order valence-corrected chi connectivity index (χ4v) is 4.11. The number of aliphatic imine (C=N–C) groups is 1. The molecule has 3 N–H and O–H groups in total. The van der Waals surface area contributed by atoms with Crippen LogP contribution in [0, 0.1) is 5.92 Å². The molecule has 0 radical (unpaired) electrons. The van der Waals surface area contributed by atoms with E-state index in [1.165, 1.54) is 17.7 Å². The number of anilines is 1. The van der Waals surface area contributed by atoms with Gasteiger partial charge in [-0.2, -0.15) is 0 Å². The van der Waals surface area contributed by atoms with Crippen molar-refractivity contribution in [3.8, 4) is 0 Å². The first-order valence-corrected chi connectivity index (χ1v) is 9.94. The number of nitrogens with zero attached hydrogens (tertiary/aromatic N) is 2. The van der Waals surface area contributed by atoms with Gasteiger partial charge in [0.25, 0.3) is 11.8 Å². The van der Waals surface area contributed by atoms with Crippen LogP contribution in [0.4, 0.5) is 5.69 Å². The van der Waals surface area contributed by atoms with E-state index in [0.29, 0.717) is 30.4 Å². The highest BCUT2D eigenvalue weighted by Crippen LogP contribution is 2.31. The monoisotopic (exact) mass is 386 g/mol. The zero-order chi connectivity index (χ0) is 19.6. The Hall–Kier alpha value is -2.45. The Morgan fingerprint density at radius 2 is 2.07 bits per heavy atom. The predicted octanol–water partition coefficient (Wildman–Crippen LogP) is 1.11. The summed E-state index contributed by atoms with van der Waals surface area (Å²) in [4.78, 5) is 36.7. The Labute approximate surface area is 163 Å². The lowest BCUT2D eigenvalue weighted by molar-refractivity contribution is -0.149. The number of hydrogen-bond donors (Lipinski definition) is 3. The Morgan fingerprint density at radius 1 is 1.32 bits per heavy atom. The molecule has 0 aromatic heterocycles. The third-order valence-corrected chi connectivity index (χ3v) is 5.77. The molecule has 2 amide bonds. The standard InChI is InChI=1S/C20H26N4O4/c25-18(20(27)11-13-24(19(20)26)15-8-2-1-3-9-15)21-12-10-16-22-17(28-23-16)14-6-4-5-7-14/h1-3,8-9,14,17,27H,4-7,10-13H2,(H,21,25)(H,22,23). The number of hydrogen-bond acceptors (Lipinski definition) is 6. The second-order valence-electron chi connectivity index (χ2n) is 7.64. The van der Waals surface area contributed by atoms with Gasteiger partial charge >= 0.3 is 0 Å². The number of benzene rings is 1. The minimum atomic E-state index is -2.02. The summed E-state index contributed by atoms with van der Waals surface area (Å²) in [6, 6.07) is 9.05. The van der Waals surface area contributed by atoms with E-state index in [9.17, 15) is 14.7 Å². The molecule has 0 spiro atoms. The van der Waals surface area contributed by atoms with Crippen LogP contribution < -0.4 is 15.7 Å². The molecule has 1 aromatic carbocycles. The summed E-state index contributed by atoms with van der Waals surface area (Å²) >= 11 is 0. The molecule has 4 rings (SSSR count). The quantitative estimate of drug-likeness (QED) is 0.636. The van der Waals surface area contributed by atoms with Crippen molar-refractivity contribution in [3.05, 3.63) is 30.3 Å². The summed E-state index contributed by atoms with van der Waals surface area (Å²) in [7, 11) is 0. The van der Waals surface area contributed by atoms with Crippen molar-refractivity contribution >= 4 is 23.3 Å². The third-order valence-electron chi connectivity index (χ3n) is 5.77. The van der Waals surface area contributed by atoms with E-state index in [0.717, 1.165) is 12.8 Å². The second-order valence-corrected chi connectivity index (χ2v) is 7.64. The van der Waals surface area contributed by atoms with Crippen LogP contribution in [0.2, 0.25) is 0 Å². The largest absolute Gasteiger partial charge is 0.372 e. The minimum Gasteiger partial charge on any atom is -0.372 e. The highest BCUT2D eigenvalue weighted by molar-refractivity contribution is 6.16. The lowest BCUT2D eigenvalue weighted by Gasteiger charge is -2.21. The number of amides is 2. The van der Waals surface area contributed by atoms with Gasteiger partial charge in [-0.05, 0) is 25.0 Å². The minimum absolute atomic E-state index is 0.0681. The fourth-order valence-electron chi connectivity index (χ4n) is 4.11. The molecule has 1 saturated heterocycles. The molecule has 3 aliphatic rings. The SMILES string of the molecule is O=C(NCCC1=NC(C2CCCC2)ON1)C1(O)CCN(c2ccccc2)C1=O. The second kappa shape index (κ2) is 7.89. The molecule has 28 heavy (non-hydrogen) atoms. The number of carbonyl (C=O) groups is 2. The van der Waals surface area contributed by atoms with E-state index in [2.05, 4.69) is 15.8 Å². The zero-order valence-electron chi connectivity index (χ0n) is 15.8. The number of carbonyl (C=O) groups excluding carboxylic acids is 2. The first-order chi connectivity index (χ1) is 13.6. The molecular formula is C20H26N4O4. The van der Waals surface area contributed by atoms with Crippen molar-refractivity contribution in [2.24, 2.45) is 10.9 Å². The number of nitrogens with one attached hydrogen (secondary N) is 2. The topological polar surface area (TPSA) is 103 Å². The summed E-state index contributed by atoms with van der Waals surface area (Å²) in [6.07, 6.45) is 5.09. The van der Waals surface area contributed by atoms with Gasteiger partial charge in [0.05, 0.1) is 0 Å². The number of para-hydroxylation sites is 1. The average Bonchev–Trinajstić information content (AvgIpc) is 3.45. The van der Waals surface area contributed by atoms with E-state index < -0.39 is 17.4 Å². The molecule has 2 atom stereocenters. The molecule has 8 nitrogen and oxygen atoms in total. The van der Waals surface area contributed by atoms with Gasteiger partial charge < -0.3 is 15.3 Å². The summed E-state index contributed by atoms with van der Waals surface area (Å²) in [5, 5.41) is 13.3. The predicted molar refractivity (Wildman–Crippen MR) is 103 cm³/mol. The summed E-state index contributed by atoms with van der Waals surface area (Å²) in [5.74, 6) is -0.104. The van der Waals surface area contributed by atoms with Gasteiger partial charge in [-0.15, -0.1) is 0 Å². The lowest BCUT2D eigenvalue weighted by Crippen LogP contribution is -2.53. The van der Waals surface area contributed by atoms with Crippen molar-refractivity contribution in [2.45, 2.75) is 50.4 Å². The Bertz CT molecular complexity index is 763. The van der Waals surface area contributed by atoms with Crippen LogP contribution in [0.1, 0.15) is 38.5 Å². The summed E-state index contributed by atoms with van der Waals surface area (Å²) in [5.41, 5.74) is 1.49. The molecule has 2 heterocycles. The molecule has 0 bridgehead atoms. The van der Waals surface area contributed by atoms with Crippen molar-refractivity contribution in [1.29, 1.82) is 0 Å². The van der Waals surface area contributed by atoms with Crippen LogP contribution in [-0.4, -0.2) is 47.7 Å². The van der Waals surface area contributed by atoms with Gasteiger partial charge in [0.1, 0.15) is 5.84 Å².